The topological polar surface area (TPSA) is 102 Å². The molecule has 0 unspecified atom stereocenters. The SMILES string of the molecule is CC(C)S(=O)(=O)c1ccc(Cc2nnc(NC(=O)CC(c3ccccc3)c3ccccc3)o2)cc1. The number of nitrogens with one attached hydrogen (secondary N) is 1. The third-order valence-electron chi connectivity index (χ3n) is 5.73. The highest BCUT2D eigenvalue weighted by Crippen LogP contribution is 2.28. The first-order chi connectivity index (χ1) is 16.8. The fourth-order valence-electron chi connectivity index (χ4n) is 3.77. The predicted octanol–water partition coefficient (Wildman–Crippen LogP) is 5.00. The van der Waals surface area contributed by atoms with Gasteiger partial charge >= 0.3 is 6.01 Å². The summed E-state index contributed by atoms with van der Waals surface area (Å²) >= 11 is 0. The average molecular weight is 490 g/mol. The monoisotopic (exact) mass is 489 g/mol. The van der Waals surface area contributed by atoms with Gasteiger partial charge in [-0.15, -0.1) is 5.10 Å². The van der Waals surface area contributed by atoms with Gasteiger partial charge in [-0.1, -0.05) is 77.9 Å². The first-order valence-corrected chi connectivity index (χ1v) is 12.9. The van der Waals surface area contributed by atoms with Crippen molar-refractivity contribution >= 4 is 21.8 Å². The Balaban J connectivity index is 1.41. The fourth-order valence-corrected chi connectivity index (χ4v) is 4.83. The van der Waals surface area contributed by atoms with Crippen LogP contribution in [0.25, 0.3) is 0 Å². The van der Waals surface area contributed by atoms with Crippen LogP contribution in [-0.4, -0.2) is 29.8 Å². The highest BCUT2D eigenvalue weighted by Gasteiger charge is 2.21. The second-order valence-electron chi connectivity index (χ2n) is 8.54. The lowest BCUT2D eigenvalue weighted by Gasteiger charge is -2.17. The van der Waals surface area contributed by atoms with Crippen molar-refractivity contribution in [1.29, 1.82) is 0 Å². The largest absolute Gasteiger partial charge is 0.407 e. The van der Waals surface area contributed by atoms with E-state index in [0.717, 1.165) is 16.7 Å². The van der Waals surface area contributed by atoms with E-state index >= 15 is 0 Å². The molecule has 0 bridgehead atoms. The number of benzene rings is 3. The van der Waals surface area contributed by atoms with Crippen molar-refractivity contribution in [3.8, 4) is 0 Å². The molecule has 0 aliphatic heterocycles. The normalized spacial score (nSPS) is 11.7. The number of nitrogens with zero attached hydrogens (tertiary/aromatic N) is 2. The van der Waals surface area contributed by atoms with Gasteiger partial charge in [0.15, 0.2) is 9.84 Å². The van der Waals surface area contributed by atoms with Crippen molar-refractivity contribution in [2.75, 3.05) is 5.32 Å². The standard InChI is InChI=1S/C27H27N3O4S/c1-19(2)35(32,33)23-15-13-20(14-16-23)17-26-29-30-27(34-26)28-25(31)18-24(21-9-5-3-6-10-21)22-11-7-4-8-12-22/h3-16,19,24H,17-18H2,1-2H3,(H,28,30,31). The Labute approximate surface area is 205 Å². The first kappa shape index (κ1) is 24.3. The number of aromatic nitrogens is 2. The zero-order valence-electron chi connectivity index (χ0n) is 19.6. The molecule has 0 saturated carbocycles. The van der Waals surface area contributed by atoms with Crippen LogP contribution in [0.3, 0.4) is 0 Å². The van der Waals surface area contributed by atoms with E-state index in [1.807, 2.05) is 60.7 Å². The number of hydrogen-bond acceptors (Lipinski definition) is 6. The molecule has 0 aliphatic rings. The van der Waals surface area contributed by atoms with Gasteiger partial charge in [0.2, 0.25) is 11.8 Å². The Morgan fingerprint density at radius 2 is 1.43 bits per heavy atom. The van der Waals surface area contributed by atoms with Gasteiger partial charge in [0.05, 0.1) is 16.6 Å². The number of sulfone groups is 1. The molecule has 7 nitrogen and oxygen atoms in total. The summed E-state index contributed by atoms with van der Waals surface area (Å²) < 4.78 is 30.2. The molecule has 180 valence electrons. The number of anilines is 1. The Hall–Kier alpha value is -3.78. The molecule has 0 aliphatic carbocycles. The fraction of sp³-hybridized carbons (Fsp3) is 0.222. The van der Waals surface area contributed by atoms with Crippen LogP contribution in [0.15, 0.2) is 94.2 Å². The third-order valence-corrected chi connectivity index (χ3v) is 7.90. The number of amides is 1. The van der Waals surface area contributed by atoms with Crippen LogP contribution in [0.4, 0.5) is 6.01 Å². The second kappa shape index (κ2) is 10.7. The summed E-state index contributed by atoms with van der Waals surface area (Å²) in [6.45, 7) is 3.30. The Morgan fingerprint density at radius 1 is 0.857 bits per heavy atom. The number of hydrogen-bond donors (Lipinski definition) is 1. The van der Waals surface area contributed by atoms with Crippen LogP contribution in [0, 0.1) is 0 Å². The van der Waals surface area contributed by atoms with E-state index < -0.39 is 15.1 Å². The minimum absolute atomic E-state index is 0.0314. The van der Waals surface area contributed by atoms with Crippen LogP contribution in [0.2, 0.25) is 0 Å². The summed E-state index contributed by atoms with van der Waals surface area (Å²) in [4.78, 5) is 13.1. The van der Waals surface area contributed by atoms with Gasteiger partial charge in [0.1, 0.15) is 0 Å². The molecule has 0 atom stereocenters. The lowest BCUT2D eigenvalue weighted by Crippen LogP contribution is -2.16. The van der Waals surface area contributed by atoms with E-state index in [9.17, 15) is 13.2 Å². The van der Waals surface area contributed by atoms with Crippen molar-refractivity contribution in [2.45, 2.75) is 42.8 Å². The summed E-state index contributed by atoms with van der Waals surface area (Å²) in [7, 11) is -3.33. The summed E-state index contributed by atoms with van der Waals surface area (Å²) in [5.74, 6) is -0.0241. The van der Waals surface area contributed by atoms with Crippen molar-refractivity contribution in [2.24, 2.45) is 0 Å². The Bertz CT molecular complexity index is 1330. The molecule has 1 heterocycles. The highest BCUT2D eigenvalue weighted by atomic mass is 32.2. The van der Waals surface area contributed by atoms with Gasteiger partial charge in [-0.3, -0.25) is 10.1 Å². The minimum atomic E-state index is -3.33. The van der Waals surface area contributed by atoms with Gasteiger partial charge in [0.25, 0.3) is 0 Å². The molecule has 4 aromatic rings. The lowest BCUT2D eigenvalue weighted by atomic mass is 9.88. The van der Waals surface area contributed by atoms with E-state index in [0.29, 0.717) is 12.3 Å². The van der Waals surface area contributed by atoms with Crippen LogP contribution in [0.1, 0.15) is 48.8 Å². The van der Waals surface area contributed by atoms with Gasteiger partial charge in [-0.2, -0.15) is 0 Å². The van der Waals surface area contributed by atoms with E-state index in [1.165, 1.54) is 0 Å². The number of rotatable bonds is 9. The molecule has 8 heteroatoms. The quantitative estimate of drug-likeness (QED) is 0.355. The van der Waals surface area contributed by atoms with Gasteiger partial charge < -0.3 is 4.42 Å². The molecule has 3 aromatic carbocycles. The molecule has 1 aromatic heterocycles. The zero-order valence-corrected chi connectivity index (χ0v) is 20.4. The highest BCUT2D eigenvalue weighted by molar-refractivity contribution is 7.92. The number of carbonyl (C=O) groups is 1. The maximum Gasteiger partial charge on any atom is 0.322 e. The molecule has 0 radical (unpaired) electrons. The molecule has 4 rings (SSSR count). The maximum atomic E-state index is 12.8. The van der Waals surface area contributed by atoms with Gasteiger partial charge in [-0.25, -0.2) is 8.42 Å². The molecule has 35 heavy (non-hydrogen) atoms. The van der Waals surface area contributed by atoms with Crippen LogP contribution in [-0.2, 0) is 21.1 Å². The van der Waals surface area contributed by atoms with E-state index in [-0.39, 0.29) is 29.2 Å². The molecule has 0 spiro atoms. The van der Waals surface area contributed by atoms with E-state index in [4.69, 9.17) is 4.42 Å². The van der Waals surface area contributed by atoms with Crippen LogP contribution >= 0.6 is 0 Å². The van der Waals surface area contributed by atoms with E-state index in [1.54, 1.807) is 38.1 Å². The van der Waals surface area contributed by atoms with Crippen molar-refractivity contribution in [3.05, 3.63) is 108 Å². The summed E-state index contributed by atoms with van der Waals surface area (Å²) in [5, 5.41) is 10.2. The smallest absolute Gasteiger partial charge is 0.322 e. The van der Waals surface area contributed by atoms with Crippen LogP contribution in [0.5, 0.6) is 0 Å². The summed E-state index contributed by atoms with van der Waals surface area (Å²) in [5.41, 5.74) is 2.91. The summed E-state index contributed by atoms with van der Waals surface area (Å²) in [6.07, 6.45) is 0.541. The maximum absolute atomic E-state index is 12.8. The number of carbonyl (C=O) groups excluding carboxylic acids is 1. The van der Waals surface area contributed by atoms with Gasteiger partial charge in [-0.05, 0) is 42.7 Å². The van der Waals surface area contributed by atoms with Crippen molar-refractivity contribution in [1.82, 2.24) is 10.2 Å². The molecule has 0 saturated heterocycles. The minimum Gasteiger partial charge on any atom is -0.407 e. The van der Waals surface area contributed by atoms with Crippen molar-refractivity contribution < 1.29 is 17.6 Å². The third kappa shape index (κ3) is 6.02. The molecule has 1 N–H and O–H groups in total. The molecular weight excluding hydrogens is 462 g/mol. The van der Waals surface area contributed by atoms with Gasteiger partial charge in [0, 0.05) is 12.3 Å². The van der Waals surface area contributed by atoms with Crippen molar-refractivity contribution in [3.63, 3.8) is 0 Å². The second-order valence-corrected chi connectivity index (χ2v) is 11.0. The lowest BCUT2D eigenvalue weighted by molar-refractivity contribution is -0.116. The molecular formula is C27H27N3O4S. The predicted molar refractivity (Wildman–Crippen MR) is 134 cm³/mol. The summed E-state index contributed by atoms with van der Waals surface area (Å²) in [6, 6.07) is 26.4. The molecule has 1 amide bonds. The average Bonchev–Trinajstić information content (AvgIpc) is 3.30. The zero-order chi connectivity index (χ0) is 24.8. The Kier molecular flexibility index (Phi) is 7.41. The Morgan fingerprint density at radius 3 is 1.97 bits per heavy atom. The molecule has 0 fully saturated rings. The first-order valence-electron chi connectivity index (χ1n) is 11.4. The van der Waals surface area contributed by atoms with Crippen LogP contribution < -0.4 is 5.32 Å². The van der Waals surface area contributed by atoms with E-state index in [2.05, 4.69) is 15.5 Å².